The lowest BCUT2D eigenvalue weighted by atomic mass is 9.86. The Kier molecular flexibility index (Phi) is 10.3. The number of amides is 3. The van der Waals surface area contributed by atoms with Crippen molar-refractivity contribution in [1.29, 1.82) is 0 Å². The third-order valence-corrected chi connectivity index (χ3v) is 9.14. The summed E-state index contributed by atoms with van der Waals surface area (Å²) in [5, 5.41) is 12.3. The van der Waals surface area contributed by atoms with E-state index in [1.54, 1.807) is 4.90 Å². The van der Waals surface area contributed by atoms with E-state index < -0.39 is 6.09 Å². The van der Waals surface area contributed by atoms with Gasteiger partial charge >= 0.3 is 6.09 Å². The normalized spacial score (nSPS) is 16.8. The monoisotopic (exact) mass is 597 g/mol. The molecule has 0 aliphatic carbocycles. The van der Waals surface area contributed by atoms with Crippen LogP contribution in [0.1, 0.15) is 53.1 Å². The van der Waals surface area contributed by atoms with Gasteiger partial charge in [-0.05, 0) is 86.6 Å². The van der Waals surface area contributed by atoms with Gasteiger partial charge in [0.15, 0.2) is 0 Å². The van der Waals surface area contributed by atoms with Gasteiger partial charge in [-0.2, -0.15) is 0 Å². The van der Waals surface area contributed by atoms with E-state index >= 15 is 0 Å². The molecule has 2 aliphatic rings. The summed E-state index contributed by atoms with van der Waals surface area (Å²) < 4.78 is 0. The number of benzene rings is 3. The number of likely N-dealkylation sites (N-methyl/N-ethyl adjacent to an activating group) is 1. The first-order chi connectivity index (χ1) is 21.3. The second-order valence-corrected chi connectivity index (χ2v) is 12.1. The Morgan fingerprint density at radius 3 is 2.16 bits per heavy atom. The summed E-state index contributed by atoms with van der Waals surface area (Å²) >= 11 is 0. The number of hydrogen-bond acceptors (Lipinski definition) is 5. The first-order valence-electron chi connectivity index (χ1n) is 15.5. The molecular formula is C35H43N5O4. The number of primary amides is 1. The highest BCUT2D eigenvalue weighted by Crippen LogP contribution is 2.39. The number of anilines is 1. The van der Waals surface area contributed by atoms with E-state index in [0.29, 0.717) is 17.8 Å². The van der Waals surface area contributed by atoms with Crippen LogP contribution in [0.3, 0.4) is 0 Å². The van der Waals surface area contributed by atoms with E-state index in [0.717, 1.165) is 87.2 Å². The lowest BCUT2D eigenvalue weighted by Crippen LogP contribution is -2.40. The molecule has 5 rings (SSSR count). The van der Waals surface area contributed by atoms with Crippen molar-refractivity contribution >= 4 is 23.6 Å². The van der Waals surface area contributed by atoms with Crippen molar-refractivity contribution in [3.05, 3.63) is 89.5 Å². The van der Waals surface area contributed by atoms with Gasteiger partial charge in [-0.15, -0.1) is 0 Å². The molecule has 0 saturated carbocycles. The van der Waals surface area contributed by atoms with Gasteiger partial charge in [0.2, 0.25) is 5.91 Å². The van der Waals surface area contributed by atoms with Crippen LogP contribution < -0.4 is 11.1 Å². The van der Waals surface area contributed by atoms with Gasteiger partial charge in [0.05, 0.1) is 5.69 Å². The average molecular weight is 598 g/mol. The lowest BCUT2D eigenvalue weighted by molar-refractivity contribution is -0.123. The van der Waals surface area contributed by atoms with Gasteiger partial charge in [-0.1, -0.05) is 60.7 Å². The molecule has 0 atom stereocenters. The minimum atomic E-state index is -1.06. The van der Waals surface area contributed by atoms with Crippen LogP contribution in [0.5, 0.6) is 0 Å². The fourth-order valence-corrected chi connectivity index (χ4v) is 6.48. The van der Waals surface area contributed by atoms with Crippen molar-refractivity contribution in [3.63, 3.8) is 0 Å². The Bertz CT molecular complexity index is 1430. The third kappa shape index (κ3) is 7.84. The van der Waals surface area contributed by atoms with Crippen LogP contribution >= 0.6 is 0 Å². The molecule has 0 radical (unpaired) electrons. The largest absolute Gasteiger partial charge is 0.465 e. The molecule has 2 fully saturated rings. The molecule has 44 heavy (non-hydrogen) atoms. The molecule has 4 N–H and O–H groups in total. The molecule has 3 aromatic rings. The molecule has 0 aromatic heterocycles. The van der Waals surface area contributed by atoms with Crippen LogP contribution in [0.15, 0.2) is 72.8 Å². The standard InChI is InChI=1S/C35H43N5O4/c1-38(34(42)29-12-10-25(11-13-29)24-40-20-16-28(17-21-40)33(36)41)22-23-39-18-14-27(15-19-39)31-9-5-8-30(32(31)37-35(43)44)26-6-3-2-4-7-26/h2-13,27-28,37H,14-24H2,1H3,(H2,36,41)(H,43,44). The molecule has 2 heterocycles. The molecular weight excluding hydrogens is 554 g/mol. The zero-order chi connectivity index (χ0) is 31.1. The number of nitrogens with one attached hydrogen (secondary N) is 1. The summed E-state index contributed by atoms with van der Waals surface area (Å²) in [4.78, 5) is 42.8. The average Bonchev–Trinajstić information content (AvgIpc) is 3.04. The van der Waals surface area contributed by atoms with Gasteiger partial charge in [0, 0.05) is 43.7 Å². The maximum Gasteiger partial charge on any atom is 0.409 e. The van der Waals surface area contributed by atoms with Crippen molar-refractivity contribution < 1.29 is 19.5 Å². The van der Waals surface area contributed by atoms with Crippen LogP contribution in [0.25, 0.3) is 11.1 Å². The number of piperidine rings is 2. The summed E-state index contributed by atoms with van der Waals surface area (Å²) in [7, 11) is 1.85. The highest BCUT2D eigenvalue weighted by molar-refractivity contribution is 5.94. The molecule has 2 aliphatic heterocycles. The number of hydrogen-bond donors (Lipinski definition) is 3. The number of carbonyl (C=O) groups is 3. The fraction of sp³-hybridized carbons (Fsp3) is 0.400. The molecule has 9 heteroatoms. The second kappa shape index (κ2) is 14.5. The maximum absolute atomic E-state index is 13.1. The van der Waals surface area contributed by atoms with Crippen molar-refractivity contribution in [2.45, 2.75) is 38.1 Å². The Morgan fingerprint density at radius 2 is 1.52 bits per heavy atom. The number of nitrogens with zero attached hydrogens (tertiary/aromatic N) is 3. The zero-order valence-corrected chi connectivity index (χ0v) is 25.5. The number of nitrogens with two attached hydrogens (primary N) is 1. The van der Waals surface area contributed by atoms with E-state index in [9.17, 15) is 19.5 Å². The number of para-hydroxylation sites is 1. The highest BCUT2D eigenvalue weighted by Gasteiger charge is 2.26. The molecule has 232 valence electrons. The molecule has 9 nitrogen and oxygen atoms in total. The number of rotatable bonds is 10. The summed E-state index contributed by atoms with van der Waals surface area (Å²) in [6.45, 7) is 5.72. The summed E-state index contributed by atoms with van der Waals surface area (Å²) in [6, 6.07) is 23.7. The van der Waals surface area contributed by atoms with Gasteiger partial charge in [0.1, 0.15) is 0 Å². The summed E-state index contributed by atoms with van der Waals surface area (Å²) in [6.07, 6.45) is 2.39. The third-order valence-electron chi connectivity index (χ3n) is 9.14. The van der Waals surface area contributed by atoms with Gasteiger partial charge in [-0.3, -0.25) is 19.8 Å². The molecule has 0 spiro atoms. The van der Waals surface area contributed by atoms with Gasteiger partial charge < -0.3 is 20.6 Å². The lowest BCUT2D eigenvalue weighted by Gasteiger charge is -2.34. The Hall–Kier alpha value is -4.21. The predicted octanol–water partition coefficient (Wildman–Crippen LogP) is 5.09. The summed E-state index contributed by atoms with van der Waals surface area (Å²) in [5.41, 5.74) is 10.9. The first kappa shape index (κ1) is 31.2. The minimum absolute atomic E-state index is 0.0100. The van der Waals surface area contributed by atoms with Crippen molar-refractivity contribution in [2.75, 3.05) is 51.6 Å². The quantitative estimate of drug-likeness (QED) is 0.300. The Labute approximate surface area is 259 Å². The predicted molar refractivity (Wildman–Crippen MR) is 173 cm³/mol. The van der Waals surface area contributed by atoms with Crippen LogP contribution in [-0.4, -0.2) is 84.0 Å². The van der Waals surface area contributed by atoms with Crippen LogP contribution in [0.4, 0.5) is 10.5 Å². The maximum atomic E-state index is 13.1. The van der Waals surface area contributed by atoms with Crippen LogP contribution in [0, 0.1) is 5.92 Å². The second-order valence-electron chi connectivity index (χ2n) is 12.1. The van der Waals surface area contributed by atoms with Gasteiger partial charge in [0.25, 0.3) is 5.91 Å². The van der Waals surface area contributed by atoms with E-state index in [4.69, 9.17) is 5.73 Å². The minimum Gasteiger partial charge on any atom is -0.465 e. The smallest absolute Gasteiger partial charge is 0.409 e. The van der Waals surface area contributed by atoms with Gasteiger partial charge in [-0.25, -0.2) is 4.79 Å². The van der Waals surface area contributed by atoms with E-state index in [2.05, 4.69) is 15.1 Å². The topological polar surface area (TPSA) is 119 Å². The van der Waals surface area contributed by atoms with Crippen molar-refractivity contribution in [3.8, 4) is 11.1 Å². The molecule has 0 bridgehead atoms. The molecule has 0 unspecified atom stereocenters. The van der Waals surface area contributed by atoms with E-state index in [-0.39, 0.29) is 23.7 Å². The number of carboxylic acid groups (broad SMARTS) is 1. The summed E-state index contributed by atoms with van der Waals surface area (Å²) in [5.74, 6) is 0.0501. The first-order valence-corrected chi connectivity index (χ1v) is 15.5. The zero-order valence-electron chi connectivity index (χ0n) is 25.5. The molecule has 3 aromatic carbocycles. The fourth-order valence-electron chi connectivity index (χ4n) is 6.48. The van der Waals surface area contributed by atoms with Crippen LogP contribution in [-0.2, 0) is 11.3 Å². The Balaban J connectivity index is 1.11. The number of likely N-dealkylation sites (tertiary alicyclic amines) is 2. The SMILES string of the molecule is CN(CCN1CCC(c2cccc(-c3ccccc3)c2NC(=O)O)CC1)C(=O)c1ccc(CN2CCC(C(N)=O)CC2)cc1. The van der Waals surface area contributed by atoms with Crippen molar-refractivity contribution in [1.82, 2.24) is 14.7 Å². The number of carbonyl (C=O) groups excluding carboxylic acids is 2. The molecule has 2 saturated heterocycles. The van der Waals surface area contributed by atoms with E-state index in [1.807, 2.05) is 79.8 Å². The molecule has 3 amide bonds. The highest BCUT2D eigenvalue weighted by atomic mass is 16.4. The van der Waals surface area contributed by atoms with Crippen molar-refractivity contribution in [2.24, 2.45) is 11.7 Å². The van der Waals surface area contributed by atoms with E-state index in [1.165, 1.54) is 0 Å². The Morgan fingerprint density at radius 1 is 0.864 bits per heavy atom. The van der Waals surface area contributed by atoms with Crippen LogP contribution in [0.2, 0.25) is 0 Å².